The fourth-order valence-electron chi connectivity index (χ4n) is 3.64. The summed E-state index contributed by atoms with van der Waals surface area (Å²) in [5, 5.41) is 4.52. The van der Waals surface area contributed by atoms with E-state index >= 15 is 0 Å². The van der Waals surface area contributed by atoms with Gasteiger partial charge in [0.1, 0.15) is 5.75 Å². The largest absolute Gasteiger partial charge is 0.497 e. The minimum absolute atomic E-state index is 0.0304. The van der Waals surface area contributed by atoms with Gasteiger partial charge in [-0.25, -0.2) is 8.42 Å². The molecule has 1 atom stereocenters. The smallest absolute Gasteiger partial charge is 0.279 e. The molecule has 0 saturated heterocycles. The van der Waals surface area contributed by atoms with Crippen molar-refractivity contribution in [2.45, 2.75) is 24.3 Å². The number of nitrogens with one attached hydrogen (secondary N) is 1. The average molecular weight is 500 g/mol. The first-order valence-electron chi connectivity index (χ1n) is 10.7. The van der Waals surface area contributed by atoms with Crippen LogP contribution in [0.4, 0.5) is 5.69 Å². The molecule has 34 heavy (non-hydrogen) atoms. The third-order valence-corrected chi connectivity index (χ3v) is 8.54. The number of rotatable bonds is 8. The van der Waals surface area contributed by atoms with Crippen molar-refractivity contribution < 1.29 is 21.6 Å². The highest BCUT2D eigenvalue weighted by atomic mass is 32.2. The van der Waals surface area contributed by atoms with Crippen molar-refractivity contribution in [3.63, 3.8) is 0 Å². The number of ether oxygens (including phenoxy) is 1. The second-order valence-corrected chi connectivity index (χ2v) is 11.5. The van der Waals surface area contributed by atoms with Gasteiger partial charge in [-0.2, -0.15) is 17.9 Å². The van der Waals surface area contributed by atoms with Crippen molar-refractivity contribution in [1.82, 2.24) is 4.41 Å². The van der Waals surface area contributed by atoms with Gasteiger partial charge in [-0.15, -0.1) is 0 Å². The Balaban J connectivity index is 1.70. The lowest BCUT2D eigenvalue weighted by atomic mass is 9.99. The summed E-state index contributed by atoms with van der Waals surface area (Å²) in [6.45, 7) is 1.56. The molecule has 8 nitrogen and oxygen atoms in total. The van der Waals surface area contributed by atoms with Gasteiger partial charge in [0, 0.05) is 12.1 Å². The van der Waals surface area contributed by atoms with E-state index in [-0.39, 0.29) is 10.6 Å². The highest BCUT2D eigenvalue weighted by Crippen LogP contribution is 2.37. The van der Waals surface area contributed by atoms with Gasteiger partial charge in [-0.05, 0) is 54.4 Å². The Bertz CT molecular complexity index is 1390. The van der Waals surface area contributed by atoms with Crippen molar-refractivity contribution >= 4 is 31.4 Å². The number of nitrogens with zero attached hydrogens (tertiary/aromatic N) is 2. The predicted octanol–water partition coefficient (Wildman–Crippen LogP) is 4.00. The molecule has 0 spiro atoms. The molecule has 4 rings (SSSR count). The minimum Gasteiger partial charge on any atom is -0.497 e. The maximum atomic E-state index is 13.5. The Morgan fingerprint density at radius 1 is 0.941 bits per heavy atom. The summed E-state index contributed by atoms with van der Waals surface area (Å²) < 4.78 is 59.5. The molecule has 10 heteroatoms. The first kappa shape index (κ1) is 23.8. The molecule has 3 aromatic carbocycles. The number of sulfonamides is 2. The van der Waals surface area contributed by atoms with Crippen LogP contribution < -0.4 is 9.46 Å². The SMILES string of the molecule is CCS(=O)(=O)Nc1ccc(C2=NN(S(=O)(=O)c3ccccc3)[C@H](c3ccc(OC)cc3)C2)cc1. The van der Waals surface area contributed by atoms with E-state index in [1.54, 1.807) is 80.8 Å². The Hall–Kier alpha value is -3.37. The zero-order chi connectivity index (χ0) is 24.3. The van der Waals surface area contributed by atoms with Gasteiger partial charge < -0.3 is 4.74 Å². The van der Waals surface area contributed by atoms with Gasteiger partial charge in [-0.1, -0.05) is 42.5 Å². The van der Waals surface area contributed by atoms with Crippen LogP contribution in [0.1, 0.15) is 30.5 Å². The van der Waals surface area contributed by atoms with Crippen molar-refractivity contribution in [3.05, 3.63) is 90.0 Å². The monoisotopic (exact) mass is 499 g/mol. The number of hydrazone groups is 1. The molecule has 1 N–H and O–H groups in total. The number of hydrogen-bond acceptors (Lipinski definition) is 6. The van der Waals surface area contributed by atoms with Crippen LogP contribution in [0.3, 0.4) is 0 Å². The fraction of sp³-hybridized carbons (Fsp3) is 0.208. The summed E-state index contributed by atoms with van der Waals surface area (Å²) in [6.07, 6.45) is 0.360. The molecule has 1 aliphatic heterocycles. The van der Waals surface area contributed by atoms with Crippen LogP contribution in [0.15, 0.2) is 88.9 Å². The van der Waals surface area contributed by atoms with Gasteiger partial charge in [0.25, 0.3) is 10.0 Å². The van der Waals surface area contributed by atoms with Gasteiger partial charge in [0.2, 0.25) is 10.0 Å². The van der Waals surface area contributed by atoms with Crippen molar-refractivity contribution in [2.75, 3.05) is 17.6 Å². The Morgan fingerprint density at radius 3 is 2.18 bits per heavy atom. The molecule has 1 heterocycles. The molecule has 1 aliphatic rings. The first-order chi connectivity index (χ1) is 16.2. The maximum absolute atomic E-state index is 13.5. The van der Waals surface area contributed by atoms with E-state index in [2.05, 4.69) is 9.82 Å². The summed E-state index contributed by atoms with van der Waals surface area (Å²) >= 11 is 0. The first-order valence-corrected chi connectivity index (χ1v) is 13.7. The predicted molar refractivity (Wildman–Crippen MR) is 132 cm³/mol. The van der Waals surface area contributed by atoms with E-state index in [0.29, 0.717) is 29.1 Å². The summed E-state index contributed by atoms with van der Waals surface area (Å²) in [6, 6.07) is 21.6. The Labute approximate surface area is 200 Å². The normalized spacial score (nSPS) is 16.2. The van der Waals surface area contributed by atoms with E-state index in [4.69, 9.17) is 4.74 Å². The molecule has 0 fully saturated rings. The number of benzene rings is 3. The summed E-state index contributed by atoms with van der Waals surface area (Å²) in [7, 11) is -5.73. The molecule has 0 saturated carbocycles. The third kappa shape index (κ3) is 4.92. The van der Waals surface area contributed by atoms with Gasteiger partial charge in [-0.3, -0.25) is 4.72 Å². The van der Waals surface area contributed by atoms with Crippen LogP contribution in [-0.2, 0) is 20.0 Å². The van der Waals surface area contributed by atoms with Crippen LogP contribution in [0, 0.1) is 0 Å². The number of methoxy groups -OCH3 is 1. The Morgan fingerprint density at radius 2 is 1.59 bits per heavy atom. The molecule has 0 aliphatic carbocycles. The van der Waals surface area contributed by atoms with E-state index in [0.717, 1.165) is 9.98 Å². The van der Waals surface area contributed by atoms with Crippen LogP contribution in [0.2, 0.25) is 0 Å². The molecule has 0 radical (unpaired) electrons. The third-order valence-electron chi connectivity index (χ3n) is 5.53. The average Bonchev–Trinajstić information content (AvgIpc) is 3.31. The van der Waals surface area contributed by atoms with Gasteiger partial charge in [0.15, 0.2) is 0 Å². The van der Waals surface area contributed by atoms with Crippen LogP contribution in [-0.4, -0.2) is 39.8 Å². The maximum Gasteiger partial charge on any atom is 0.279 e. The second-order valence-electron chi connectivity index (χ2n) is 7.71. The van der Waals surface area contributed by atoms with E-state index in [1.165, 1.54) is 0 Å². The van der Waals surface area contributed by atoms with Crippen LogP contribution >= 0.6 is 0 Å². The highest BCUT2D eigenvalue weighted by molar-refractivity contribution is 7.92. The lowest BCUT2D eigenvalue weighted by Crippen LogP contribution is -2.27. The molecule has 0 bridgehead atoms. The summed E-state index contributed by atoms with van der Waals surface area (Å²) in [5.41, 5.74) is 2.52. The molecule has 0 aromatic heterocycles. The molecule has 3 aromatic rings. The van der Waals surface area contributed by atoms with Gasteiger partial charge in [0.05, 0.1) is 29.5 Å². The minimum atomic E-state index is -3.91. The lowest BCUT2D eigenvalue weighted by Gasteiger charge is -2.23. The molecular weight excluding hydrogens is 474 g/mol. The molecular formula is C24H25N3O5S2. The molecule has 0 unspecified atom stereocenters. The van der Waals surface area contributed by atoms with Gasteiger partial charge >= 0.3 is 0 Å². The van der Waals surface area contributed by atoms with Crippen molar-refractivity contribution in [3.8, 4) is 5.75 Å². The lowest BCUT2D eigenvalue weighted by molar-refractivity contribution is 0.370. The number of hydrogen-bond donors (Lipinski definition) is 1. The zero-order valence-electron chi connectivity index (χ0n) is 18.7. The Kier molecular flexibility index (Phi) is 6.63. The summed E-state index contributed by atoms with van der Waals surface area (Å²) in [5.74, 6) is 0.641. The quantitative estimate of drug-likeness (QED) is 0.504. The standard InChI is InChI=1S/C24H25N3O5S2/c1-3-33(28,29)26-20-13-9-18(10-14-20)23-17-24(19-11-15-21(32-2)16-12-19)27(25-23)34(30,31)22-7-5-4-6-8-22/h4-16,24,26H,3,17H2,1-2H3/t24-/m0/s1. The van der Waals surface area contributed by atoms with Crippen molar-refractivity contribution in [1.29, 1.82) is 0 Å². The van der Waals surface area contributed by atoms with E-state index < -0.39 is 26.1 Å². The van der Waals surface area contributed by atoms with E-state index in [1.807, 2.05) is 12.1 Å². The highest BCUT2D eigenvalue weighted by Gasteiger charge is 2.37. The molecule has 0 amide bonds. The topological polar surface area (TPSA) is 105 Å². The fourth-order valence-corrected chi connectivity index (χ4v) is 5.74. The second kappa shape index (κ2) is 9.47. The van der Waals surface area contributed by atoms with Crippen molar-refractivity contribution in [2.24, 2.45) is 5.10 Å². The van der Waals surface area contributed by atoms with Crippen LogP contribution in [0.25, 0.3) is 0 Å². The molecule has 178 valence electrons. The summed E-state index contributed by atoms with van der Waals surface area (Å²) in [4.78, 5) is 0.155. The zero-order valence-corrected chi connectivity index (χ0v) is 20.4. The number of anilines is 1. The van der Waals surface area contributed by atoms with E-state index in [9.17, 15) is 16.8 Å². The van der Waals surface area contributed by atoms with Crippen LogP contribution in [0.5, 0.6) is 5.75 Å².